The van der Waals surface area contributed by atoms with Crippen molar-refractivity contribution in [1.29, 1.82) is 0 Å². The molecule has 7 unspecified atom stereocenters. The summed E-state index contributed by atoms with van der Waals surface area (Å²) in [4.78, 5) is 27.6. The summed E-state index contributed by atoms with van der Waals surface area (Å²) in [6.45, 7) is 11.9. The smallest absolute Gasteiger partial charge is 0.225 e. The Labute approximate surface area is 194 Å². The molecule has 0 radical (unpaired) electrons. The van der Waals surface area contributed by atoms with Gasteiger partial charge in [0.25, 0.3) is 0 Å². The molecule has 0 aliphatic heterocycles. The highest BCUT2D eigenvalue weighted by molar-refractivity contribution is 5.79. The molecule has 5 nitrogen and oxygen atoms in total. The molecule has 2 amide bonds. The monoisotopic (exact) mass is 442 g/mol. The average Bonchev–Trinajstić information content (AvgIpc) is 2.77. The molecule has 2 aliphatic carbocycles. The number of amides is 2. The van der Waals surface area contributed by atoms with Gasteiger partial charge >= 0.3 is 0 Å². The van der Waals surface area contributed by atoms with Gasteiger partial charge in [0.15, 0.2) is 0 Å². The Morgan fingerprint density at radius 2 is 1.78 bits per heavy atom. The van der Waals surface area contributed by atoms with E-state index in [2.05, 4.69) is 19.2 Å². The van der Waals surface area contributed by atoms with Gasteiger partial charge in [-0.1, -0.05) is 51.1 Å². The number of carbonyl (C=O) groups is 2. The van der Waals surface area contributed by atoms with Gasteiger partial charge in [0.1, 0.15) is 0 Å². The maximum atomic E-state index is 13.0. The molecular formula is C27H42N2O3. The van der Waals surface area contributed by atoms with Crippen LogP contribution in [-0.4, -0.2) is 47.1 Å². The van der Waals surface area contributed by atoms with Gasteiger partial charge in [-0.15, -0.1) is 0 Å². The number of nitrogens with one attached hydrogen (secondary N) is 1. The Balaban J connectivity index is 1.70. The maximum Gasteiger partial charge on any atom is 0.225 e. The first-order valence-corrected chi connectivity index (χ1v) is 12.5. The number of hydrogen-bond acceptors (Lipinski definition) is 3. The van der Waals surface area contributed by atoms with Gasteiger partial charge in [0, 0.05) is 25.0 Å². The summed E-state index contributed by atoms with van der Waals surface area (Å²) in [6.07, 6.45) is 3.73. The molecule has 0 saturated heterocycles. The van der Waals surface area contributed by atoms with Crippen molar-refractivity contribution in [3.05, 3.63) is 35.9 Å². The molecule has 178 valence electrons. The molecule has 0 heterocycles. The van der Waals surface area contributed by atoms with Crippen molar-refractivity contribution in [1.82, 2.24) is 10.2 Å². The molecule has 1 aromatic rings. The van der Waals surface area contributed by atoms with Gasteiger partial charge < -0.3 is 15.3 Å². The molecule has 32 heavy (non-hydrogen) atoms. The van der Waals surface area contributed by atoms with Crippen molar-refractivity contribution in [2.45, 2.75) is 78.9 Å². The van der Waals surface area contributed by atoms with Crippen LogP contribution in [0.25, 0.3) is 0 Å². The van der Waals surface area contributed by atoms with Crippen molar-refractivity contribution in [2.75, 3.05) is 13.1 Å². The number of carbonyl (C=O) groups excluding carboxylic acids is 2. The first-order chi connectivity index (χ1) is 15.2. The lowest BCUT2D eigenvalue weighted by Crippen LogP contribution is -2.58. The number of benzene rings is 1. The molecule has 1 aromatic carbocycles. The third-order valence-corrected chi connectivity index (χ3v) is 8.55. The van der Waals surface area contributed by atoms with Crippen LogP contribution in [0.2, 0.25) is 0 Å². The number of rotatable bonds is 7. The van der Waals surface area contributed by atoms with Gasteiger partial charge in [0.05, 0.1) is 12.5 Å². The van der Waals surface area contributed by atoms with E-state index in [-0.39, 0.29) is 46.9 Å². The quantitative estimate of drug-likeness (QED) is 0.670. The van der Waals surface area contributed by atoms with E-state index < -0.39 is 6.10 Å². The summed E-state index contributed by atoms with van der Waals surface area (Å²) in [5.74, 6) is 0.241. The van der Waals surface area contributed by atoms with E-state index in [0.29, 0.717) is 19.5 Å². The Hall–Kier alpha value is -1.88. The van der Waals surface area contributed by atoms with E-state index in [1.807, 2.05) is 56.0 Å². The molecule has 2 saturated carbocycles. The van der Waals surface area contributed by atoms with Gasteiger partial charge in [-0.2, -0.15) is 0 Å². The minimum Gasteiger partial charge on any atom is -0.392 e. The highest BCUT2D eigenvalue weighted by Crippen LogP contribution is 2.55. The maximum absolute atomic E-state index is 13.0. The van der Waals surface area contributed by atoms with Crippen LogP contribution in [0.1, 0.15) is 65.9 Å². The lowest BCUT2D eigenvalue weighted by atomic mass is 9.51. The van der Waals surface area contributed by atoms with Gasteiger partial charge in [-0.05, 0) is 68.3 Å². The normalized spacial score (nSPS) is 33.1. The second-order valence-electron chi connectivity index (χ2n) is 10.4. The highest BCUT2D eigenvalue weighted by Gasteiger charge is 2.54. The zero-order valence-electron chi connectivity index (χ0n) is 20.5. The van der Waals surface area contributed by atoms with Gasteiger partial charge in [-0.25, -0.2) is 0 Å². The molecule has 5 heteroatoms. The molecule has 2 aliphatic rings. The van der Waals surface area contributed by atoms with Crippen molar-refractivity contribution in [3.8, 4) is 0 Å². The third-order valence-electron chi connectivity index (χ3n) is 8.55. The Morgan fingerprint density at radius 1 is 1.16 bits per heavy atom. The predicted octanol–water partition coefficient (Wildman–Crippen LogP) is 4.04. The van der Waals surface area contributed by atoms with Crippen molar-refractivity contribution in [3.63, 3.8) is 0 Å². The van der Waals surface area contributed by atoms with Crippen molar-refractivity contribution < 1.29 is 14.7 Å². The molecule has 2 fully saturated rings. The lowest BCUT2D eigenvalue weighted by molar-refractivity contribution is -0.150. The van der Waals surface area contributed by atoms with E-state index in [0.717, 1.165) is 31.2 Å². The molecule has 7 atom stereocenters. The van der Waals surface area contributed by atoms with Crippen LogP contribution in [0.15, 0.2) is 30.3 Å². The minimum absolute atomic E-state index is 0.0256. The summed E-state index contributed by atoms with van der Waals surface area (Å²) in [6, 6.07) is 9.88. The highest BCUT2D eigenvalue weighted by atomic mass is 16.3. The average molecular weight is 443 g/mol. The van der Waals surface area contributed by atoms with Crippen LogP contribution in [0, 0.1) is 29.1 Å². The van der Waals surface area contributed by atoms with Gasteiger partial charge in [0.2, 0.25) is 11.8 Å². The van der Waals surface area contributed by atoms with Gasteiger partial charge in [-0.3, -0.25) is 9.59 Å². The Morgan fingerprint density at radius 3 is 2.41 bits per heavy atom. The van der Waals surface area contributed by atoms with E-state index in [9.17, 15) is 14.7 Å². The number of hydrogen-bond donors (Lipinski definition) is 2. The summed E-state index contributed by atoms with van der Waals surface area (Å²) in [5, 5.41) is 14.8. The van der Waals surface area contributed by atoms with E-state index in [4.69, 9.17) is 0 Å². The van der Waals surface area contributed by atoms with Crippen LogP contribution in [0.3, 0.4) is 0 Å². The fourth-order valence-corrected chi connectivity index (χ4v) is 6.54. The van der Waals surface area contributed by atoms with E-state index in [1.165, 1.54) is 0 Å². The number of fused-ring (bicyclic) bond motifs is 1. The number of aliphatic hydroxyl groups is 1. The number of aliphatic hydroxyl groups excluding tert-OH is 1. The number of nitrogens with zero attached hydrogens (tertiary/aromatic N) is 1. The molecule has 3 rings (SSSR count). The predicted molar refractivity (Wildman–Crippen MR) is 128 cm³/mol. The van der Waals surface area contributed by atoms with E-state index in [1.54, 1.807) is 0 Å². The largest absolute Gasteiger partial charge is 0.392 e. The van der Waals surface area contributed by atoms with Crippen LogP contribution >= 0.6 is 0 Å². The van der Waals surface area contributed by atoms with Crippen molar-refractivity contribution in [2.24, 2.45) is 29.1 Å². The summed E-state index contributed by atoms with van der Waals surface area (Å²) in [5.41, 5.74) is 1.08. The zero-order chi connectivity index (χ0) is 23.5. The molecular weight excluding hydrogens is 400 g/mol. The second kappa shape index (κ2) is 10.4. The molecule has 0 aromatic heterocycles. The van der Waals surface area contributed by atoms with Crippen LogP contribution in [-0.2, 0) is 16.0 Å². The van der Waals surface area contributed by atoms with Crippen LogP contribution in [0.4, 0.5) is 0 Å². The topological polar surface area (TPSA) is 69.6 Å². The first-order valence-electron chi connectivity index (χ1n) is 12.5. The molecule has 0 spiro atoms. The summed E-state index contributed by atoms with van der Waals surface area (Å²) >= 11 is 0. The minimum atomic E-state index is -0.521. The third kappa shape index (κ3) is 5.03. The zero-order valence-corrected chi connectivity index (χ0v) is 20.5. The lowest BCUT2D eigenvalue weighted by Gasteiger charge is -2.56. The SMILES string of the molecule is CCN(CC)C(=O)C(C)C1CCC2(C)CCC(NC(=O)Cc3ccccc3)C(C)C2C1O. The fourth-order valence-electron chi connectivity index (χ4n) is 6.54. The summed E-state index contributed by atoms with van der Waals surface area (Å²) < 4.78 is 0. The second-order valence-corrected chi connectivity index (χ2v) is 10.4. The fraction of sp³-hybridized carbons (Fsp3) is 0.704. The summed E-state index contributed by atoms with van der Waals surface area (Å²) in [7, 11) is 0. The Bertz CT molecular complexity index is 778. The van der Waals surface area contributed by atoms with Crippen LogP contribution < -0.4 is 5.32 Å². The van der Waals surface area contributed by atoms with Crippen LogP contribution in [0.5, 0.6) is 0 Å². The van der Waals surface area contributed by atoms with E-state index >= 15 is 0 Å². The first kappa shape index (κ1) is 24.8. The van der Waals surface area contributed by atoms with Crippen molar-refractivity contribution >= 4 is 11.8 Å². The standard InChI is InChI=1S/C27H42N2O3/c1-6-29(7-2)26(32)18(3)21-13-15-27(5)16-14-22(19(4)24(27)25(21)31)28-23(30)17-20-11-9-8-10-12-20/h8-12,18-19,21-22,24-25,31H,6-7,13-17H2,1-5H3,(H,28,30). The molecule has 2 N–H and O–H groups in total. The molecule has 0 bridgehead atoms. The Kier molecular flexibility index (Phi) is 8.02.